The maximum absolute atomic E-state index is 12.0. The van der Waals surface area contributed by atoms with E-state index in [0.29, 0.717) is 30.0 Å². The van der Waals surface area contributed by atoms with Crippen molar-refractivity contribution in [2.75, 3.05) is 13.1 Å². The van der Waals surface area contributed by atoms with Crippen LogP contribution in [0, 0.1) is 0 Å². The maximum atomic E-state index is 12.0. The van der Waals surface area contributed by atoms with Crippen LogP contribution in [0.4, 0.5) is 0 Å². The predicted octanol–water partition coefficient (Wildman–Crippen LogP) is 1.55. The SMILES string of the molecule is O=C(O)C1=CN2C(=CCNC2CCNC(=O)c2ccccc2)S1. The van der Waals surface area contributed by atoms with Crippen LogP contribution in [0.3, 0.4) is 0 Å². The Hall–Kier alpha value is -2.25. The van der Waals surface area contributed by atoms with Crippen molar-refractivity contribution >= 4 is 23.6 Å². The van der Waals surface area contributed by atoms with Gasteiger partial charge in [-0.25, -0.2) is 4.79 Å². The van der Waals surface area contributed by atoms with Crippen molar-refractivity contribution in [3.05, 3.63) is 58.1 Å². The van der Waals surface area contributed by atoms with E-state index in [2.05, 4.69) is 10.6 Å². The molecule has 0 aromatic heterocycles. The summed E-state index contributed by atoms with van der Waals surface area (Å²) in [7, 11) is 0. The van der Waals surface area contributed by atoms with Crippen molar-refractivity contribution < 1.29 is 14.7 Å². The molecular weight excluding hydrogens is 314 g/mol. The second kappa shape index (κ2) is 6.89. The molecule has 0 radical (unpaired) electrons. The van der Waals surface area contributed by atoms with Crippen molar-refractivity contribution in [3.63, 3.8) is 0 Å². The summed E-state index contributed by atoms with van der Waals surface area (Å²) in [6, 6.07) is 9.07. The first-order valence-electron chi connectivity index (χ1n) is 7.33. The number of nitrogens with one attached hydrogen (secondary N) is 2. The Kier molecular flexibility index (Phi) is 4.68. The molecule has 3 rings (SSSR count). The van der Waals surface area contributed by atoms with E-state index in [0.717, 1.165) is 5.03 Å². The van der Waals surface area contributed by atoms with Crippen LogP contribution in [0.2, 0.25) is 0 Å². The van der Waals surface area contributed by atoms with Crippen molar-refractivity contribution in [3.8, 4) is 0 Å². The molecule has 1 amide bonds. The zero-order valence-corrected chi connectivity index (χ0v) is 13.2. The van der Waals surface area contributed by atoms with Gasteiger partial charge in [-0.3, -0.25) is 10.1 Å². The number of rotatable bonds is 5. The Balaban J connectivity index is 1.55. The zero-order valence-electron chi connectivity index (χ0n) is 12.4. The maximum Gasteiger partial charge on any atom is 0.344 e. The van der Waals surface area contributed by atoms with Gasteiger partial charge >= 0.3 is 5.97 Å². The van der Waals surface area contributed by atoms with Crippen LogP contribution in [-0.2, 0) is 4.79 Å². The zero-order chi connectivity index (χ0) is 16.2. The molecule has 2 aliphatic heterocycles. The minimum atomic E-state index is -0.915. The molecule has 1 aromatic carbocycles. The predicted molar refractivity (Wildman–Crippen MR) is 88.4 cm³/mol. The van der Waals surface area contributed by atoms with E-state index in [4.69, 9.17) is 5.11 Å². The molecule has 0 spiro atoms. The molecule has 6 nitrogen and oxygen atoms in total. The van der Waals surface area contributed by atoms with E-state index >= 15 is 0 Å². The molecule has 1 atom stereocenters. The summed E-state index contributed by atoms with van der Waals surface area (Å²) in [4.78, 5) is 25.3. The van der Waals surface area contributed by atoms with Gasteiger partial charge in [0.25, 0.3) is 5.91 Å². The molecular formula is C16H17N3O3S. The van der Waals surface area contributed by atoms with E-state index < -0.39 is 5.97 Å². The highest BCUT2D eigenvalue weighted by molar-refractivity contribution is 8.07. The number of benzene rings is 1. The molecule has 0 bridgehead atoms. The fraction of sp³-hybridized carbons (Fsp3) is 0.250. The number of aliphatic carboxylic acids is 1. The standard InChI is InChI=1S/C16H17N3O3S/c20-15(11-4-2-1-3-5-11)18-8-6-13-17-9-7-14-19(13)10-12(23-14)16(21)22/h1-5,7,10,13,17H,6,8-9H2,(H,18,20)(H,21,22). The summed E-state index contributed by atoms with van der Waals surface area (Å²) in [5.41, 5.74) is 0.634. The highest BCUT2D eigenvalue weighted by Gasteiger charge is 2.30. The average molecular weight is 331 g/mol. The minimum absolute atomic E-state index is 0.0181. The first-order chi connectivity index (χ1) is 11.1. The molecule has 0 saturated heterocycles. The summed E-state index contributed by atoms with van der Waals surface area (Å²) in [6.45, 7) is 1.20. The van der Waals surface area contributed by atoms with Crippen molar-refractivity contribution in [2.45, 2.75) is 12.6 Å². The van der Waals surface area contributed by atoms with Gasteiger partial charge in [-0.2, -0.15) is 0 Å². The molecule has 0 saturated carbocycles. The van der Waals surface area contributed by atoms with Gasteiger partial charge in [0.05, 0.1) is 11.2 Å². The summed E-state index contributed by atoms with van der Waals surface area (Å²) in [5, 5.41) is 16.2. The summed E-state index contributed by atoms with van der Waals surface area (Å²) in [6.07, 6.45) is 4.28. The van der Waals surface area contributed by atoms with E-state index in [1.807, 2.05) is 29.2 Å². The third-order valence-corrected chi connectivity index (χ3v) is 4.73. The van der Waals surface area contributed by atoms with E-state index in [-0.39, 0.29) is 12.1 Å². The van der Waals surface area contributed by atoms with E-state index in [1.54, 1.807) is 18.3 Å². The first-order valence-corrected chi connectivity index (χ1v) is 8.15. The second-order valence-electron chi connectivity index (χ2n) is 5.18. The molecule has 2 heterocycles. The Morgan fingerprint density at radius 1 is 1.35 bits per heavy atom. The van der Waals surface area contributed by atoms with Crippen molar-refractivity contribution in [1.82, 2.24) is 15.5 Å². The number of carboxylic acid groups (broad SMARTS) is 1. The number of fused-ring (bicyclic) bond motifs is 1. The third-order valence-electron chi connectivity index (χ3n) is 3.64. The van der Waals surface area contributed by atoms with Gasteiger partial charge < -0.3 is 15.3 Å². The lowest BCUT2D eigenvalue weighted by Crippen LogP contribution is -2.46. The number of hydrogen-bond donors (Lipinski definition) is 3. The highest BCUT2D eigenvalue weighted by atomic mass is 32.2. The second-order valence-corrected chi connectivity index (χ2v) is 6.25. The lowest BCUT2D eigenvalue weighted by atomic mass is 10.2. The number of nitrogens with zero attached hydrogens (tertiary/aromatic N) is 1. The van der Waals surface area contributed by atoms with Crippen molar-refractivity contribution in [2.24, 2.45) is 0 Å². The number of carboxylic acids is 1. The van der Waals surface area contributed by atoms with Gasteiger partial charge in [0.1, 0.15) is 4.91 Å². The van der Waals surface area contributed by atoms with Crippen LogP contribution >= 0.6 is 11.8 Å². The minimum Gasteiger partial charge on any atom is -0.477 e. The van der Waals surface area contributed by atoms with Crippen LogP contribution in [0.25, 0.3) is 0 Å². The highest BCUT2D eigenvalue weighted by Crippen LogP contribution is 2.38. The monoisotopic (exact) mass is 331 g/mol. The van der Waals surface area contributed by atoms with Crippen LogP contribution < -0.4 is 10.6 Å². The Bertz CT molecular complexity index is 672. The summed E-state index contributed by atoms with van der Waals surface area (Å²) < 4.78 is 0. The van der Waals surface area contributed by atoms with Gasteiger partial charge in [-0.1, -0.05) is 30.0 Å². The van der Waals surface area contributed by atoms with Crippen LogP contribution in [0.1, 0.15) is 16.8 Å². The van der Waals surface area contributed by atoms with Gasteiger partial charge in [-0.15, -0.1) is 0 Å². The largest absolute Gasteiger partial charge is 0.477 e. The molecule has 3 N–H and O–H groups in total. The summed E-state index contributed by atoms with van der Waals surface area (Å²) in [5.74, 6) is -1.02. The number of hydrogen-bond acceptors (Lipinski definition) is 5. The third kappa shape index (κ3) is 3.57. The van der Waals surface area contributed by atoms with Gasteiger partial charge in [0.2, 0.25) is 0 Å². The fourth-order valence-electron chi connectivity index (χ4n) is 2.51. The van der Waals surface area contributed by atoms with Crippen molar-refractivity contribution in [1.29, 1.82) is 0 Å². The molecule has 7 heteroatoms. The van der Waals surface area contributed by atoms with Gasteiger partial charge in [0, 0.05) is 24.9 Å². The smallest absolute Gasteiger partial charge is 0.344 e. The molecule has 1 aromatic rings. The first kappa shape index (κ1) is 15.6. The molecule has 120 valence electrons. The Morgan fingerprint density at radius 2 is 2.13 bits per heavy atom. The number of thioether (sulfide) groups is 1. The fourth-order valence-corrected chi connectivity index (χ4v) is 3.44. The lowest BCUT2D eigenvalue weighted by molar-refractivity contribution is -0.131. The topological polar surface area (TPSA) is 81.7 Å². The summed E-state index contributed by atoms with van der Waals surface area (Å²) >= 11 is 1.26. The van der Waals surface area contributed by atoms with Gasteiger partial charge in [0.15, 0.2) is 0 Å². The molecule has 0 fully saturated rings. The van der Waals surface area contributed by atoms with Crippen LogP contribution in [0.15, 0.2) is 52.5 Å². The Morgan fingerprint density at radius 3 is 2.87 bits per heavy atom. The molecule has 0 aliphatic carbocycles. The van der Waals surface area contributed by atoms with E-state index in [9.17, 15) is 9.59 Å². The lowest BCUT2D eigenvalue weighted by Gasteiger charge is -2.32. The van der Waals surface area contributed by atoms with Crippen LogP contribution in [0.5, 0.6) is 0 Å². The number of amides is 1. The van der Waals surface area contributed by atoms with E-state index in [1.165, 1.54) is 11.8 Å². The number of carbonyl (C=O) groups excluding carboxylic acids is 1. The molecule has 1 unspecified atom stereocenters. The van der Waals surface area contributed by atoms with Gasteiger partial charge in [-0.05, 0) is 24.6 Å². The number of carbonyl (C=O) groups is 2. The quantitative estimate of drug-likeness (QED) is 0.759. The average Bonchev–Trinajstić information content (AvgIpc) is 3.01. The van der Waals surface area contributed by atoms with Crippen LogP contribution in [-0.4, -0.2) is 41.1 Å². The Labute approximate surface area is 138 Å². The molecule has 2 aliphatic rings. The molecule has 23 heavy (non-hydrogen) atoms. The normalized spacial score (nSPS) is 19.7.